The molecule has 138 valence electrons. The Bertz CT molecular complexity index is 749. The maximum absolute atomic E-state index is 11.8. The van der Waals surface area contributed by atoms with Crippen LogP contribution in [0, 0.1) is 0 Å². The minimum absolute atomic E-state index is 0.217. The van der Waals surface area contributed by atoms with Gasteiger partial charge in [-0.3, -0.25) is 9.59 Å². The van der Waals surface area contributed by atoms with Crippen LogP contribution in [0.5, 0.6) is 0 Å². The van der Waals surface area contributed by atoms with Gasteiger partial charge in [-0.2, -0.15) is 0 Å². The van der Waals surface area contributed by atoms with E-state index in [1.54, 1.807) is 0 Å². The monoisotopic (exact) mass is 354 g/mol. The van der Waals surface area contributed by atoms with Crippen molar-refractivity contribution in [3.8, 4) is 0 Å². The lowest BCUT2D eigenvalue weighted by Crippen LogP contribution is -2.08. The Morgan fingerprint density at radius 2 is 1.65 bits per heavy atom. The van der Waals surface area contributed by atoms with Crippen molar-refractivity contribution in [1.82, 2.24) is 0 Å². The van der Waals surface area contributed by atoms with E-state index in [0.717, 1.165) is 29.2 Å². The van der Waals surface area contributed by atoms with Crippen LogP contribution in [0.4, 0.5) is 0 Å². The molecule has 0 radical (unpaired) electrons. The fourth-order valence-electron chi connectivity index (χ4n) is 2.51. The van der Waals surface area contributed by atoms with Crippen molar-refractivity contribution >= 4 is 22.7 Å². The van der Waals surface area contributed by atoms with Gasteiger partial charge in [0.15, 0.2) is 0 Å². The van der Waals surface area contributed by atoms with E-state index < -0.39 is 0 Å². The normalized spacial score (nSPS) is 11.0. The minimum Gasteiger partial charge on any atom is -0.461 e. The fourth-order valence-corrected chi connectivity index (χ4v) is 2.51. The van der Waals surface area contributed by atoms with Crippen molar-refractivity contribution < 1.29 is 19.1 Å². The van der Waals surface area contributed by atoms with Gasteiger partial charge < -0.3 is 9.47 Å². The summed E-state index contributed by atoms with van der Waals surface area (Å²) >= 11 is 0. The molecule has 0 saturated heterocycles. The second-order valence-corrected chi connectivity index (χ2v) is 6.14. The summed E-state index contributed by atoms with van der Waals surface area (Å²) in [5, 5.41) is 2.28. The minimum atomic E-state index is -0.297. The third-order valence-electron chi connectivity index (χ3n) is 3.94. The lowest BCUT2D eigenvalue weighted by atomic mass is 10.1. The molecule has 26 heavy (non-hydrogen) atoms. The molecule has 2 aromatic rings. The lowest BCUT2D eigenvalue weighted by molar-refractivity contribution is -0.145. The molecule has 4 heteroatoms. The number of rotatable bonds is 10. The van der Waals surface area contributed by atoms with Crippen LogP contribution in [0.25, 0.3) is 10.8 Å². The number of carbonyl (C=O) groups is 2. The number of fused-ring (bicyclic) bond motifs is 1. The van der Waals surface area contributed by atoms with Crippen molar-refractivity contribution in [3.63, 3.8) is 0 Å². The maximum Gasteiger partial charge on any atom is 0.306 e. The lowest BCUT2D eigenvalue weighted by Gasteiger charge is -2.06. The summed E-state index contributed by atoms with van der Waals surface area (Å²) in [4.78, 5) is 23.4. The van der Waals surface area contributed by atoms with E-state index in [0.29, 0.717) is 13.0 Å². The first-order valence-electron chi connectivity index (χ1n) is 9.13. The van der Waals surface area contributed by atoms with Crippen molar-refractivity contribution in [1.29, 1.82) is 0 Å². The van der Waals surface area contributed by atoms with E-state index >= 15 is 0 Å². The van der Waals surface area contributed by atoms with E-state index in [9.17, 15) is 9.59 Å². The van der Waals surface area contributed by atoms with Crippen LogP contribution < -0.4 is 0 Å². The molecule has 0 heterocycles. The number of unbranched alkanes of at least 4 members (excludes halogenated alkanes) is 1. The Morgan fingerprint density at radius 3 is 2.42 bits per heavy atom. The Hall–Kier alpha value is -2.62. The molecule has 2 rings (SSSR count). The first-order valence-corrected chi connectivity index (χ1v) is 9.13. The average molecular weight is 354 g/mol. The van der Waals surface area contributed by atoms with E-state index in [1.807, 2.05) is 54.6 Å². The Labute approximate surface area is 154 Å². The number of esters is 2. The zero-order valence-corrected chi connectivity index (χ0v) is 15.3. The molecule has 0 aliphatic carbocycles. The van der Waals surface area contributed by atoms with Crippen molar-refractivity contribution in [2.75, 3.05) is 6.61 Å². The quantitative estimate of drug-likeness (QED) is 0.447. The fraction of sp³-hybridized carbons (Fsp3) is 0.364. The summed E-state index contributed by atoms with van der Waals surface area (Å²) in [5.74, 6) is -0.581. The van der Waals surface area contributed by atoms with Crippen LogP contribution in [0.2, 0.25) is 0 Å². The molecule has 0 spiro atoms. The summed E-state index contributed by atoms with van der Waals surface area (Å²) in [5.41, 5.74) is 0.954. The van der Waals surface area contributed by atoms with Gasteiger partial charge in [-0.1, -0.05) is 61.9 Å². The number of carbonyl (C=O) groups excluding carboxylic acids is 2. The molecule has 4 nitrogen and oxygen atoms in total. The predicted molar refractivity (Wildman–Crippen MR) is 103 cm³/mol. The SMILES string of the molecule is CCC/C=C/COC(=O)CCCC(=O)OCc1ccc2ccccc2c1. The van der Waals surface area contributed by atoms with Crippen LogP contribution in [0.1, 0.15) is 44.6 Å². The van der Waals surface area contributed by atoms with Crippen LogP contribution in [-0.2, 0) is 25.7 Å². The summed E-state index contributed by atoms with van der Waals surface area (Å²) in [6.45, 7) is 2.64. The van der Waals surface area contributed by atoms with Gasteiger partial charge >= 0.3 is 11.9 Å². The van der Waals surface area contributed by atoms with E-state index in [1.165, 1.54) is 0 Å². The molecule has 0 N–H and O–H groups in total. The third-order valence-corrected chi connectivity index (χ3v) is 3.94. The molecule has 0 amide bonds. The standard InChI is InChI=1S/C22H26O4/c1-2-3-4-7-15-25-21(23)11-8-12-22(24)26-17-18-13-14-19-9-5-6-10-20(19)16-18/h4-7,9-10,13-14,16H,2-3,8,11-12,15,17H2,1H3/b7-4+. The largest absolute Gasteiger partial charge is 0.461 e. The predicted octanol–water partition coefficient (Wildman–Crippen LogP) is 4.95. The van der Waals surface area contributed by atoms with Gasteiger partial charge in [0, 0.05) is 12.8 Å². The van der Waals surface area contributed by atoms with E-state index in [4.69, 9.17) is 9.47 Å². The van der Waals surface area contributed by atoms with E-state index in [-0.39, 0.29) is 31.4 Å². The summed E-state index contributed by atoms with van der Waals surface area (Å²) < 4.78 is 10.3. The highest BCUT2D eigenvalue weighted by molar-refractivity contribution is 5.83. The van der Waals surface area contributed by atoms with Gasteiger partial charge in [0.25, 0.3) is 0 Å². The second-order valence-electron chi connectivity index (χ2n) is 6.14. The molecule has 0 aliphatic rings. The van der Waals surface area contributed by atoms with Crippen LogP contribution in [-0.4, -0.2) is 18.5 Å². The number of ether oxygens (including phenoxy) is 2. The zero-order valence-electron chi connectivity index (χ0n) is 15.3. The van der Waals surface area contributed by atoms with Crippen LogP contribution >= 0.6 is 0 Å². The molecule has 0 aliphatic heterocycles. The summed E-state index contributed by atoms with van der Waals surface area (Å²) in [7, 11) is 0. The average Bonchev–Trinajstić information content (AvgIpc) is 2.66. The number of benzene rings is 2. The highest BCUT2D eigenvalue weighted by atomic mass is 16.5. The van der Waals surface area contributed by atoms with Crippen LogP contribution in [0.15, 0.2) is 54.6 Å². The van der Waals surface area contributed by atoms with Gasteiger partial charge in [-0.15, -0.1) is 0 Å². The molecular formula is C22H26O4. The molecular weight excluding hydrogens is 328 g/mol. The number of allylic oxidation sites excluding steroid dienone is 1. The zero-order chi connectivity index (χ0) is 18.6. The summed E-state index contributed by atoms with van der Waals surface area (Å²) in [6.07, 6.45) is 6.79. The topological polar surface area (TPSA) is 52.6 Å². The molecule has 0 saturated carbocycles. The third kappa shape index (κ3) is 7.09. The maximum atomic E-state index is 11.8. The van der Waals surface area contributed by atoms with Crippen molar-refractivity contribution in [2.24, 2.45) is 0 Å². The van der Waals surface area contributed by atoms with E-state index in [2.05, 4.69) is 6.92 Å². The first-order chi connectivity index (χ1) is 12.7. The van der Waals surface area contributed by atoms with Gasteiger partial charge in [-0.25, -0.2) is 0 Å². The molecule has 0 fully saturated rings. The van der Waals surface area contributed by atoms with Crippen molar-refractivity contribution in [2.45, 2.75) is 45.6 Å². The van der Waals surface area contributed by atoms with Gasteiger partial charge in [0.2, 0.25) is 0 Å². The number of hydrogen-bond donors (Lipinski definition) is 0. The summed E-state index contributed by atoms with van der Waals surface area (Å²) in [6, 6.07) is 14.0. The first kappa shape index (κ1) is 19.7. The van der Waals surface area contributed by atoms with Gasteiger partial charge in [0.05, 0.1) is 0 Å². The molecule has 0 aromatic heterocycles. The highest BCUT2D eigenvalue weighted by Gasteiger charge is 2.07. The molecule has 0 atom stereocenters. The molecule has 2 aromatic carbocycles. The van der Waals surface area contributed by atoms with Gasteiger partial charge in [0.1, 0.15) is 13.2 Å². The van der Waals surface area contributed by atoms with Crippen LogP contribution in [0.3, 0.4) is 0 Å². The molecule has 0 unspecified atom stereocenters. The highest BCUT2D eigenvalue weighted by Crippen LogP contribution is 2.16. The smallest absolute Gasteiger partial charge is 0.306 e. The number of hydrogen-bond acceptors (Lipinski definition) is 4. The van der Waals surface area contributed by atoms with Crippen molar-refractivity contribution in [3.05, 3.63) is 60.2 Å². The second kappa shape index (κ2) is 11.1. The Morgan fingerprint density at radius 1 is 0.923 bits per heavy atom. The Kier molecular flexibility index (Phi) is 8.40. The molecule has 0 bridgehead atoms. The Balaban J connectivity index is 1.63. The van der Waals surface area contributed by atoms with Gasteiger partial charge in [-0.05, 0) is 35.2 Å².